The number of hydrogen-bond acceptors (Lipinski definition) is 5. The van der Waals surface area contributed by atoms with Crippen LogP contribution in [0.15, 0.2) is 89.6 Å². The number of carbonyl (C=O) groups excluding carboxylic acids is 1. The molecule has 1 aromatic heterocycles. The molecular weight excluding hydrogens is 468 g/mol. The van der Waals surface area contributed by atoms with E-state index in [0.717, 1.165) is 33.6 Å². The second kappa shape index (κ2) is 12.5. The van der Waals surface area contributed by atoms with Gasteiger partial charge in [-0.3, -0.25) is 4.79 Å². The van der Waals surface area contributed by atoms with Crippen molar-refractivity contribution in [3.05, 3.63) is 112 Å². The zero-order chi connectivity index (χ0) is 25.3. The smallest absolute Gasteiger partial charge is 0.251 e. The van der Waals surface area contributed by atoms with Gasteiger partial charge in [0.25, 0.3) is 5.91 Å². The van der Waals surface area contributed by atoms with Crippen LogP contribution < -0.4 is 15.4 Å². The average Bonchev–Trinajstić information content (AvgIpc) is 3.44. The van der Waals surface area contributed by atoms with E-state index in [4.69, 9.17) is 4.74 Å². The molecule has 4 aromatic rings. The Hall–Kier alpha value is -3.45. The van der Waals surface area contributed by atoms with Gasteiger partial charge in [-0.25, -0.2) is 0 Å². The minimum Gasteiger partial charge on any atom is -0.497 e. The third kappa shape index (κ3) is 7.04. The molecule has 0 fully saturated rings. The van der Waals surface area contributed by atoms with Gasteiger partial charge >= 0.3 is 0 Å². The van der Waals surface area contributed by atoms with E-state index in [1.807, 2.05) is 79.0 Å². The van der Waals surface area contributed by atoms with Gasteiger partial charge in [-0.1, -0.05) is 48.5 Å². The van der Waals surface area contributed by atoms with Crippen molar-refractivity contribution in [1.29, 1.82) is 0 Å². The Kier molecular flexibility index (Phi) is 8.90. The Labute approximate surface area is 216 Å². The van der Waals surface area contributed by atoms with Gasteiger partial charge in [-0.05, 0) is 82.3 Å². The lowest BCUT2D eigenvalue weighted by Gasteiger charge is -2.25. The van der Waals surface area contributed by atoms with E-state index in [2.05, 4.69) is 28.1 Å². The fourth-order valence-electron chi connectivity index (χ4n) is 4.20. The standard InChI is InChI=1S/C30H32N2O3S/c1-21-13-25(24-11-12-36-20-24)17-26(14-21)30(34)32-28(16-22-7-4-3-5-8-22)29(33)19-31-18-23-9-6-10-27(15-23)35-2/h3-15,17,20,28-29,31,33H,16,18-19H2,1-2H3,(H,32,34). The molecule has 0 aliphatic carbocycles. The maximum Gasteiger partial charge on any atom is 0.251 e. The minimum absolute atomic E-state index is 0.192. The van der Waals surface area contributed by atoms with Crippen molar-refractivity contribution in [2.24, 2.45) is 0 Å². The van der Waals surface area contributed by atoms with Gasteiger partial charge in [-0.15, -0.1) is 0 Å². The molecule has 0 radical (unpaired) electrons. The van der Waals surface area contributed by atoms with Crippen LogP contribution in [0.1, 0.15) is 27.0 Å². The highest BCUT2D eigenvalue weighted by Crippen LogP contribution is 2.25. The third-order valence-electron chi connectivity index (χ3n) is 6.09. The number of aryl methyl sites for hydroxylation is 1. The summed E-state index contributed by atoms with van der Waals surface area (Å²) in [6.45, 7) is 2.91. The second-order valence-electron chi connectivity index (χ2n) is 8.92. The van der Waals surface area contributed by atoms with E-state index in [1.54, 1.807) is 18.4 Å². The molecule has 0 bridgehead atoms. The first kappa shape index (κ1) is 25.6. The van der Waals surface area contributed by atoms with Crippen molar-refractivity contribution in [2.45, 2.75) is 32.0 Å². The highest BCUT2D eigenvalue weighted by atomic mass is 32.1. The van der Waals surface area contributed by atoms with Crippen LogP contribution in [0.5, 0.6) is 5.75 Å². The van der Waals surface area contributed by atoms with Crippen LogP contribution in [0.4, 0.5) is 0 Å². The molecular formula is C30H32N2O3S. The van der Waals surface area contributed by atoms with Crippen LogP contribution in [-0.4, -0.2) is 36.8 Å². The van der Waals surface area contributed by atoms with Crippen LogP contribution in [0.25, 0.3) is 11.1 Å². The lowest BCUT2D eigenvalue weighted by Crippen LogP contribution is -2.48. The summed E-state index contributed by atoms with van der Waals surface area (Å²) in [6, 6.07) is 25.2. The maximum absolute atomic E-state index is 13.3. The predicted molar refractivity (Wildman–Crippen MR) is 147 cm³/mol. The summed E-state index contributed by atoms with van der Waals surface area (Å²) in [5.41, 5.74) is 5.83. The third-order valence-corrected chi connectivity index (χ3v) is 6.77. The van der Waals surface area contributed by atoms with Crippen LogP contribution in [0, 0.1) is 6.92 Å². The molecule has 4 rings (SSSR count). The molecule has 5 nitrogen and oxygen atoms in total. The maximum atomic E-state index is 13.3. The van der Waals surface area contributed by atoms with E-state index in [-0.39, 0.29) is 5.91 Å². The summed E-state index contributed by atoms with van der Waals surface area (Å²) < 4.78 is 5.29. The van der Waals surface area contributed by atoms with E-state index in [9.17, 15) is 9.90 Å². The number of benzene rings is 3. The van der Waals surface area contributed by atoms with Gasteiger partial charge in [0, 0.05) is 18.7 Å². The van der Waals surface area contributed by atoms with E-state index < -0.39 is 12.1 Å². The van der Waals surface area contributed by atoms with Crippen LogP contribution >= 0.6 is 11.3 Å². The van der Waals surface area contributed by atoms with Gasteiger partial charge in [-0.2, -0.15) is 11.3 Å². The monoisotopic (exact) mass is 500 g/mol. The molecule has 3 N–H and O–H groups in total. The van der Waals surface area contributed by atoms with Crippen molar-refractivity contribution in [2.75, 3.05) is 13.7 Å². The molecule has 0 saturated carbocycles. The van der Waals surface area contributed by atoms with Crippen molar-refractivity contribution in [3.63, 3.8) is 0 Å². The molecule has 6 heteroatoms. The summed E-state index contributed by atoms with van der Waals surface area (Å²) >= 11 is 1.63. The minimum atomic E-state index is -0.777. The molecule has 36 heavy (non-hydrogen) atoms. The Morgan fingerprint density at radius 2 is 1.78 bits per heavy atom. The van der Waals surface area contributed by atoms with E-state index in [0.29, 0.717) is 25.1 Å². The van der Waals surface area contributed by atoms with Crippen LogP contribution in [0.2, 0.25) is 0 Å². The topological polar surface area (TPSA) is 70.6 Å². The summed E-state index contributed by atoms with van der Waals surface area (Å²) in [4.78, 5) is 13.3. The number of carbonyl (C=O) groups is 1. The SMILES string of the molecule is COc1cccc(CNCC(O)C(Cc2ccccc2)NC(=O)c2cc(C)cc(-c3ccsc3)c2)c1. The number of aliphatic hydroxyl groups excluding tert-OH is 1. The Morgan fingerprint density at radius 1 is 0.972 bits per heavy atom. The first-order valence-electron chi connectivity index (χ1n) is 12.0. The van der Waals surface area contributed by atoms with Gasteiger partial charge < -0.3 is 20.5 Å². The summed E-state index contributed by atoms with van der Waals surface area (Å²) in [6.07, 6.45) is -0.251. The van der Waals surface area contributed by atoms with Gasteiger partial charge in [0.2, 0.25) is 0 Å². The number of aliphatic hydroxyl groups is 1. The summed E-state index contributed by atoms with van der Waals surface area (Å²) in [7, 11) is 1.64. The highest BCUT2D eigenvalue weighted by molar-refractivity contribution is 7.08. The summed E-state index contributed by atoms with van der Waals surface area (Å²) in [5, 5.41) is 21.6. The molecule has 1 amide bonds. The molecule has 186 valence electrons. The number of hydrogen-bond donors (Lipinski definition) is 3. The highest BCUT2D eigenvalue weighted by Gasteiger charge is 2.23. The zero-order valence-corrected chi connectivity index (χ0v) is 21.4. The Morgan fingerprint density at radius 3 is 2.53 bits per heavy atom. The second-order valence-corrected chi connectivity index (χ2v) is 9.70. The van der Waals surface area contributed by atoms with Crippen molar-refractivity contribution >= 4 is 17.2 Å². The zero-order valence-electron chi connectivity index (χ0n) is 20.6. The number of amides is 1. The number of rotatable bonds is 11. The van der Waals surface area contributed by atoms with E-state index >= 15 is 0 Å². The summed E-state index contributed by atoms with van der Waals surface area (Å²) in [5.74, 6) is 0.604. The lowest BCUT2D eigenvalue weighted by atomic mass is 9.99. The quantitative estimate of drug-likeness (QED) is 0.264. The Bertz CT molecular complexity index is 1260. The first-order valence-corrected chi connectivity index (χ1v) is 13.0. The van der Waals surface area contributed by atoms with Crippen molar-refractivity contribution in [3.8, 4) is 16.9 Å². The first-order chi connectivity index (χ1) is 17.5. The van der Waals surface area contributed by atoms with Gasteiger partial charge in [0.05, 0.1) is 19.3 Å². The largest absolute Gasteiger partial charge is 0.497 e. The molecule has 2 unspecified atom stereocenters. The fraction of sp³-hybridized carbons (Fsp3) is 0.233. The average molecular weight is 501 g/mol. The van der Waals surface area contributed by atoms with Crippen molar-refractivity contribution in [1.82, 2.24) is 10.6 Å². The number of methoxy groups -OCH3 is 1. The molecule has 1 heterocycles. The molecule has 0 saturated heterocycles. The van der Waals surface area contributed by atoms with Crippen molar-refractivity contribution < 1.29 is 14.6 Å². The van der Waals surface area contributed by atoms with E-state index in [1.165, 1.54) is 0 Å². The molecule has 3 aromatic carbocycles. The number of thiophene rings is 1. The predicted octanol–water partition coefficient (Wildman–Crippen LogP) is 5.22. The van der Waals surface area contributed by atoms with Crippen LogP contribution in [0.3, 0.4) is 0 Å². The lowest BCUT2D eigenvalue weighted by molar-refractivity contribution is 0.0830. The molecule has 2 atom stereocenters. The molecule has 0 spiro atoms. The fourth-order valence-corrected chi connectivity index (χ4v) is 4.87. The molecule has 0 aliphatic rings. The molecule has 0 aliphatic heterocycles. The van der Waals surface area contributed by atoms with Gasteiger partial charge in [0.1, 0.15) is 5.75 Å². The van der Waals surface area contributed by atoms with Crippen LogP contribution in [-0.2, 0) is 13.0 Å². The number of ether oxygens (including phenoxy) is 1. The van der Waals surface area contributed by atoms with Gasteiger partial charge in [0.15, 0.2) is 0 Å². The number of nitrogens with one attached hydrogen (secondary N) is 2. The normalized spacial score (nSPS) is 12.6. The Balaban J connectivity index is 1.46.